The maximum atomic E-state index is 13.9. The number of hydrogen-bond donors (Lipinski definition) is 4. The Bertz CT molecular complexity index is 2480. The highest BCUT2D eigenvalue weighted by Gasteiger charge is 2.42. The van der Waals surface area contributed by atoms with Crippen LogP contribution in [-0.4, -0.2) is 106 Å². The number of methoxy groups -OCH3 is 3. The number of carbonyl (C=O) groups is 4. The molecule has 2 fully saturated rings. The maximum absolute atomic E-state index is 13.9. The summed E-state index contributed by atoms with van der Waals surface area (Å²) in [6, 6.07) is 12.5. The third-order valence-electron chi connectivity index (χ3n) is 12.5. The van der Waals surface area contributed by atoms with Crippen LogP contribution in [0.4, 0.5) is 9.59 Å². The van der Waals surface area contributed by atoms with Crippen LogP contribution in [0.1, 0.15) is 82.7 Å². The molecule has 0 aliphatic carbocycles. The van der Waals surface area contributed by atoms with Gasteiger partial charge in [0.25, 0.3) is 0 Å². The molecule has 0 unspecified atom stereocenters. The predicted octanol–water partition coefficient (Wildman–Crippen LogP) is 6.77. The SMILES string of the molecule is CC[C@H](NC(=O)OC)C(=O)N1C[C@@H](COC)C[C@H]1c1nc2c(ccc3cc4c(cc32)OCc2cc(-c3cnc([C@@H]5CC[C@H](C)N5C(=O)[C@@H](NC(=O)OC)C(C)C)[nH]3)ccc2-4)[nH]1. The van der Waals surface area contributed by atoms with Crippen molar-refractivity contribution in [2.75, 3.05) is 34.5 Å². The van der Waals surface area contributed by atoms with Crippen LogP contribution in [0.15, 0.2) is 48.7 Å². The average Bonchev–Trinajstić information content (AvgIpc) is 4.09. The number of rotatable bonds is 11. The van der Waals surface area contributed by atoms with Gasteiger partial charge in [-0.3, -0.25) is 9.59 Å². The van der Waals surface area contributed by atoms with Gasteiger partial charge < -0.3 is 49.3 Å². The maximum Gasteiger partial charge on any atom is 0.407 e. The number of fused-ring (bicyclic) bond motifs is 6. The molecule has 2 aromatic heterocycles. The molecule has 322 valence electrons. The Hall–Kier alpha value is -6.16. The number of nitrogens with one attached hydrogen (secondary N) is 4. The van der Waals surface area contributed by atoms with Crippen molar-refractivity contribution in [1.82, 2.24) is 40.4 Å². The fourth-order valence-corrected chi connectivity index (χ4v) is 9.29. The van der Waals surface area contributed by atoms with E-state index in [0.717, 1.165) is 68.3 Å². The topological polar surface area (TPSA) is 193 Å². The van der Waals surface area contributed by atoms with Crippen molar-refractivity contribution >= 4 is 45.8 Å². The van der Waals surface area contributed by atoms with Crippen molar-refractivity contribution in [3.8, 4) is 28.1 Å². The van der Waals surface area contributed by atoms with Crippen molar-refractivity contribution in [3.63, 3.8) is 0 Å². The smallest absolute Gasteiger partial charge is 0.407 e. The lowest BCUT2D eigenvalue weighted by Gasteiger charge is -2.32. The highest BCUT2D eigenvalue weighted by molar-refractivity contribution is 6.07. The molecule has 3 aliphatic rings. The minimum atomic E-state index is -0.730. The van der Waals surface area contributed by atoms with Crippen molar-refractivity contribution in [1.29, 1.82) is 0 Å². The van der Waals surface area contributed by atoms with E-state index in [2.05, 4.69) is 57.0 Å². The zero-order valence-corrected chi connectivity index (χ0v) is 35.7. The third-order valence-corrected chi connectivity index (χ3v) is 12.5. The number of imidazole rings is 2. The Morgan fingerprint density at radius 1 is 0.918 bits per heavy atom. The van der Waals surface area contributed by atoms with E-state index in [1.807, 2.05) is 44.9 Å². The Balaban J connectivity index is 1.05. The Morgan fingerprint density at radius 3 is 2.44 bits per heavy atom. The molecule has 3 aliphatic heterocycles. The fourth-order valence-electron chi connectivity index (χ4n) is 9.29. The van der Waals surface area contributed by atoms with E-state index in [0.29, 0.717) is 44.2 Å². The summed E-state index contributed by atoms with van der Waals surface area (Å²) in [5, 5.41) is 7.34. The molecule has 61 heavy (non-hydrogen) atoms. The summed E-state index contributed by atoms with van der Waals surface area (Å²) < 4.78 is 21.5. The van der Waals surface area contributed by atoms with Crippen molar-refractivity contribution in [3.05, 3.63) is 65.9 Å². The lowest BCUT2D eigenvalue weighted by Crippen LogP contribution is -2.52. The second-order valence-corrected chi connectivity index (χ2v) is 16.7. The molecule has 5 heterocycles. The number of aromatic nitrogens is 4. The molecule has 6 atom stereocenters. The van der Waals surface area contributed by atoms with Gasteiger partial charge in [-0.1, -0.05) is 39.0 Å². The van der Waals surface area contributed by atoms with E-state index in [-0.39, 0.29) is 41.8 Å². The van der Waals surface area contributed by atoms with E-state index in [1.165, 1.54) is 14.2 Å². The first-order valence-electron chi connectivity index (χ1n) is 21.0. The van der Waals surface area contributed by atoms with E-state index >= 15 is 0 Å². The number of likely N-dealkylation sites (tertiary alicyclic amines) is 2. The molecule has 16 nitrogen and oxygen atoms in total. The van der Waals surface area contributed by atoms with Crippen LogP contribution < -0.4 is 15.4 Å². The molecule has 16 heteroatoms. The highest BCUT2D eigenvalue weighted by atomic mass is 16.5. The van der Waals surface area contributed by atoms with Crippen LogP contribution in [0.25, 0.3) is 44.2 Å². The van der Waals surface area contributed by atoms with Crippen LogP contribution in [0.3, 0.4) is 0 Å². The lowest BCUT2D eigenvalue weighted by molar-refractivity contribution is -0.137. The molecule has 0 spiro atoms. The number of H-pyrrole nitrogens is 2. The third kappa shape index (κ3) is 7.84. The van der Waals surface area contributed by atoms with Crippen molar-refractivity contribution in [2.45, 2.75) is 90.2 Å². The standard InChI is InChI=1S/C45H54N8O8/c1-8-32(49-44(56)59-6)42(54)52-20-25(21-58-5)15-36(52)41-47-33-13-11-26-17-31-29-12-10-27(16-28(29)22-61-37(31)18-30(26)39(33)50-41)34-19-46-40(48-34)35-14-9-24(4)53(35)43(55)38(23(2)3)51-45(57)60-7/h10-13,16-19,23-25,32,35-36,38H,8-9,14-15,20-22H2,1-7H3,(H,46,48)(H,47,50)(H,49,56)(H,51,57)/t24-,25-,32-,35-,36-,38-/m0/s1. The summed E-state index contributed by atoms with van der Waals surface area (Å²) in [4.78, 5) is 72.4. The summed E-state index contributed by atoms with van der Waals surface area (Å²) in [6.45, 7) is 9.04. The zero-order valence-electron chi connectivity index (χ0n) is 35.7. The van der Waals surface area contributed by atoms with Gasteiger partial charge in [0.05, 0.1) is 55.8 Å². The largest absolute Gasteiger partial charge is 0.488 e. The van der Waals surface area contributed by atoms with Crippen molar-refractivity contribution < 1.29 is 38.1 Å². The van der Waals surface area contributed by atoms with Crippen LogP contribution >= 0.6 is 0 Å². The quantitative estimate of drug-likeness (QED) is 0.110. The molecule has 0 saturated carbocycles. The molecule has 3 aromatic carbocycles. The second-order valence-electron chi connectivity index (χ2n) is 16.7. The molecule has 0 radical (unpaired) electrons. The minimum Gasteiger partial charge on any atom is -0.488 e. The molecule has 5 aromatic rings. The monoisotopic (exact) mass is 834 g/mol. The number of aromatic amines is 2. The predicted molar refractivity (Wildman–Crippen MR) is 227 cm³/mol. The Kier molecular flexibility index (Phi) is 11.6. The van der Waals surface area contributed by atoms with Gasteiger partial charge in [0.2, 0.25) is 11.8 Å². The number of ether oxygens (including phenoxy) is 4. The highest BCUT2D eigenvalue weighted by Crippen LogP contribution is 2.44. The first-order valence-corrected chi connectivity index (χ1v) is 21.0. The van der Waals surface area contributed by atoms with Gasteiger partial charge in [0, 0.05) is 36.6 Å². The molecule has 8 rings (SSSR count). The number of hydrogen-bond acceptors (Lipinski definition) is 10. The normalized spacial score (nSPS) is 20.6. The van der Waals surface area contributed by atoms with E-state index in [9.17, 15) is 19.2 Å². The van der Waals surface area contributed by atoms with Crippen LogP contribution in [0, 0.1) is 11.8 Å². The average molecular weight is 835 g/mol. The number of benzene rings is 3. The molecule has 4 amide bonds. The zero-order chi connectivity index (χ0) is 43.1. The van der Waals surface area contributed by atoms with Crippen LogP contribution in [0.2, 0.25) is 0 Å². The fraction of sp³-hybridized carbons (Fsp3) is 0.467. The Morgan fingerprint density at radius 2 is 1.70 bits per heavy atom. The Labute approximate surface area is 354 Å². The summed E-state index contributed by atoms with van der Waals surface area (Å²) in [5.74, 6) is 1.77. The number of amides is 4. The number of alkyl carbamates (subject to hydrolysis) is 2. The van der Waals surface area contributed by atoms with E-state index < -0.39 is 24.3 Å². The molecular weight excluding hydrogens is 781 g/mol. The molecule has 0 bridgehead atoms. The van der Waals surface area contributed by atoms with Crippen LogP contribution in [-0.2, 0) is 30.4 Å². The summed E-state index contributed by atoms with van der Waals surface area (Å²) >= 11 is 0. The minimum absolute atomic E-state index is 0.0195. The van der Waals surface area contributed by atoms with Gasteiger partial charge in [-0.2, -0.15) is 0 Å². The first-order chi connectivity index (χ1) is 29.4. The summed E-state index contributed by atoms with van der Waals surface area (Å²) in [6.07, 6.45) is 3.17. The van der Waals surface area contributed by atoms with Gasteiger partial charge in [-0.25, -0.2) is 19.6 Å². The van der Waals surface area contributed by atoms with Gasteiger partial charge in [0.1, 0.15) is 36.1 Å². The van der Waals surface area contributed by atoms with E-state index in [1.54, 1.807) is 12.0 Å². The van der Waals surface area contributed by atoms with Gasteiger partial charge in [0.15, 0.2) is 0 Å². The molecular formula is C45H54N8O8. The number of nitrogens with zero attached hydrogens (tertiary/aromatic N) is 4. The molecule has 4 N–H and O–H groups in total. The van der Waals surface area contributed by atoms with Gasteiger partial charge in [-0.05, 0) is 84.9 Å². The lowest BCUT2D eigenvalue weighted by atomic mass is 9.92. The number of carbonyl (C=O) groups excluding carboxylic acids is 4. The van der Waals surface area contributed by atoms with E-state index in [4.69, 9.17) is 28.9 Å². The van der Waals surface area contributed by atoms with Crippen molar-refractivity contribution in [2.24, 2.45) is 11.8 Å². The summed E-state index contributed by atoms with van der Waals surface area (Å²) in [7, 11) is 4.23. The van der Waals surface area contributed by atoms with Gasteiger partial charge in [-0.15, -0.1) is 0 Å². The van der Waals surface area contributed by atoms with Crippen LogP contribution in [0.5, 0.6) is 5.75 Å². The molecule has 2 saturated heterocycles. The summed E-state index contributed by atoms with van der Waals surface area (Å²) in [5.41, 5.74) is 6.51. The second kappa shape index (κ2) is 17.1. The van der Waals surface area contributed by atoms with Gasteiger partial charge >= 0.3 is 12.2 Å². The first kappa shape index (κ1) is 41.6.